The Bertz CT molecular complexity index is 498. The average molecular weight is 243 g/mol. The molecule has 0 saturated heterocycles. The van der Waals surface area contributed by atoms with Crippen molar-refractivity contribution >= 4 is 11.6 Å². The van der Waals surface area contributed by atoms with E-state index in [0.717, 1.165) is 24.9 Å². The van der Waals surface area contributed by atoms with Crippen molar-refractivity contribution in [3.8, 4) is 0 Å². The van der Waals surface area contributed by atoms with Crippen LogP contribution >= 0.6 is 0 Å². The maximum Gasteiger partial charge on any atom is 0.271 e. The number of rotatable bonds is 1. The van der Waals surface area contributed by atoms with Gasteiger partial charge in [0.15, 0.2) is 0 Å². The summed E-state index contributed by atoms with van der Waals surface area (Å²) in [4.78, 5) is 12.2. The molecule has 2 atom stereocenters. The van der Waals surface area contributed by atoms with Gasteiger partial charge in [-0.2, -0.15) is 0 Å². The van der Waals surface area contributed by atoms with Gasteiger partial charge in [-0.05, 0) is 31.4 Å². The van der Waals surface area contributed by atoms with E-state index in [9.17, 15) is 4.79 Å². The third-order valence-corrected chi connectivity index (χ3v) is 3.75. The lowest BCUT2D eigenvalue weighted by molar-refractivity contribution is 0.0613. The Labute approximate surface area is 106 Å². The van der Waals surface area contributed by atoms with Crippen LogP contribution in [0.15, 0.2) is 36.4 Å². The van der Waals surface area contributed by atoms with Gasteiger partial charge in [0, 0.05) is 11.6 Å². The maximum absolute atomic E-state index is 12.2. The van der Waals surface area contributed by atoms with Crippen molar-refractivity contribution in [3.63, 3.8) is 0 Å². The van der Waals surface area contributed by atoms with Gasteiger partial charge in [0.2, 0.25) is 0 Å². The first kappa shape index (κ1) is 11.3. The van der Waals surface area contributed by atoms with Gasteiger partial charge in [-0.3, -0.25) is 9.80 Å². The zero-order valence-corrected chi connectivity index (χ0v) is 10.2. The van der Waals surface area contributed by atoms with Crippen LogP contribution in [0.4, 0.5) is 5.69 Å². The molecule has 4 heteroatoms. The highest BCUT2D eigenvalue weighted by Gasteiger charge is 2.34. The van der Waals surface area contributed by atoms with E-state index in [2.05, 4.69) is 17.5 Å². The van der Waals surface area contributed by atoms with Crippen molar-refractivity contribution in [1.82, 2.24) is 5.01 Å². The minimum Gasteiger partial charge on any atom is -0.363 e. The fraction of sp³-hybridized carbons (Fsp3) is 0.357. The van der Waals surface area contributed by atoms with Gasteiger partial charge in [-0.25, -0.2) is 5.84 Å². The topological polar surface area (TPSA) is 58.4 Å². The number of carbonyl (C=O) groups excluding carboxylic acids is 1. The molecular weight excluding hydrogens is 226 g/mol. The highest BCUT2D eigenvalue weighted by Crippen LogP contribution is 2.31. The molecule has 0 bridgehead atoms. The summed E-state index contributed by atoms with van der Waals surface area (Å²) in [7, 11) is 0. The largest absolute Gasteiger partial charge is 0.363 e. The minimum absolute atomic E-state index is 0.0936. The molecule has 1 heterocycles. The number of hydrogen-bond acceptors (Lipinski definition) is 3. The molecule has 1 aromatic carbocycles. The van der Waals surface area contributed by atoms with Crippen molar-refractivity contribution in [1.29, 1.82) is 0 Å². The van der Waals surface area contributed by atoms with Gasteiger partial charge in [0.1, 0.15) is 6.17 Å². The van der Waals surface area contributed by atoms with Crippen molar-refractivity contribution in [2.75, 3.05) is 5.32 Å². The first-order valence-electron chi connectivity index (χ1n) is 6.36. The van der Waals surface area contributed by atoms with Crippen LogP contribution in [-0.2, 0) is 0 Å². The third-order valence-electron chi connectivity index (χ3n) is 3.75. The molecule has 0 fully saturated rings. The zero-order valence-electron chi connectivity index (χ0n) is 10.2. The summed E-state index contributed by atoms with van der Waals surface area (Å²) in [6.45, 7) is 0. The summed E-state index contributed by atoms with van der Waals surface area (Å²) < 4.78 is 0. The van der Waals surface area contributed by atoms with Crippen LogP contribution in [0.5, 0.6) is 0 Å². The van der Waals surface area contributed by atoms with Crippen LogP contribution in [0.25, 0.3) is 0 Å². The molecule has 0 saturated carbocycles. The monoisotopic (exact) mass is 243 g/mol. The second-order valence-electron chi connectivity index (χ2n) is 4.89. The second-order valence-corrected chi connectivity index (χ2v) is 4.89. The van der Waals surface area contributed by atoms with Crippen LogP contribution < -0.4 is 11.2 Å². The quantitative estimate of drug-likeness (QED) is 0.451. The van der Waals surface area contributed by atoms with E-state index >= 15 is 0 Å². The summed E-state index contributed by atoms with van der Waals surface area (Å²) in [6.07, 6.45) is 7.37. The highest BCUT2D eigenvalue weighted by molar-refractivity contribution is 6.01. The Balaban J connectivity index is 1.90. The lowest BCUT2D eigenvalue weighted by Crippen LogP contribution is -2.56. The summed E-state index contributed by atoms with van der Waals surface area (Å²) in [6, 6.07) is 7.53. The molecule has 0 unspecified atom stereocenters. The summed E-state index contributed by atoms with van der Waals surface area (Å²) in [5, 5.41) is 4.75. The van der Waals surface area contributed by atoms with E-state index in [1.807, 2.05) is 24.3 Å². The first-order valence-corrected chi connectivity index (χ1v) is 6.36. The molecule has 0 spiro atoms. The number of nitrogens with zero attached hydrogens (tertiary/aromatic N) is 1. The van der Waals surface area contributed by atoms with Gasteiger partial charge in [0.25, 0.3) is 5.91 Å². The van der Waals surface area contributed by atoms with Crippen molar-refractivity contribution in [3.05, 3.63) is 42.0 Å². The molecule has 0 aromatic heterocycles. The van der Waals surface area contributed by atoms with Gasteiger partial charge in [-0.1, -0.05) is 24.3 Å². The van der Waals surface area contributed by atoms with Crippen molar-refractivity contribution < 1.29 is 4.79 Å². The normalized spacial score (nSPS) is 26.7. The summed E-state index contributed by atoms with van der Waals surface area (Å²) in [5.41, 5.74) is 1.55. The maximum atomic E-state index is 12.2. The van der Waals surface area contributed by atoms with E-state index < -0.39 is 0 Å². The summed E-state index contributed by atoms with van der Waals surface area (Å²) >= 11 is 0. The van der Waals surface area contributed by atoms with Crippen LogP contribution in [-0.4, -0.2) is 17.1 Å². The lowest BCUT2D eigenvalue weighted by Gasteiger charge is -2.39. The first-order chi connectivity index (χ1) is 8.77. The number of carbonyl (C=O) groups is 1. The number of amides is 1. The minimum atomic E-state index is -0.0997. The van der Waals surface area contributed by atoms with E-state index in [-0.39, 0.29) is 12.1 Å². The second kappa shape index (κ2) is 4.46. The standard InChI is InChI=1S/C14H17N3O/c15-17-13(10-6-2-1-3-7-10)16-12-9-5-4-8-11(12)14(17)18/h1-2,4-5,8-10,13,16H,3,6-7,15H2/t10-,13+/m0/s1. The number of hydrazine groups is 1. The highest BCUT2D eigenvalue weighted by atomic mass is 16.2. The number of benzene rings is 1. The Morgan fingerprint density at radius 1 is 1.28 bits per heavy atom. The number of allylic oxidation sites excluding steroid dienone is 2. The molecule has 1 aromatic rings. The molecule has 94 valence electrons. The number of anilines is 1. The van der Waals surface area contributed by atoms with Gasteiger partial charge in [-0.15, -0.1) is 0 Å². The SMILES string of the molecule is NN1C(=O)c2ccccc2N[C@H]1[C@H]1CC=CCC1. The summed E-state index contributed by atoms with van der Waals surface area (Å²) in [5.74, 6) is 6.26. The Morgan fingerprint density at radius 3 is 2.89 bits per heavy atom. The Kier molecular flexibility index (Phi) is 2.80. The average Bonchev–Trinajstić information content (AvgIpc) is 2.44. The molecule has 18 heavy (non-hydrogen) atoms. The van der Waals surface area contributed by atoms with Gasteiger partial charge in [0.05, 0.1) is 5.56 Å². The van der Waals surface area contributed by atoms with Crippen molar-refractivity contribution in [2.24, 2.45) is 11.8 Å². The Morgan fingerprint density at radius 2 is 2.11 bits per heavy atom. The third kappa shape index (κ3) is 1.78. The lowest BCUT2D eigenvalue weighted by atomic mass is 9.89. The zero-order chi connectivity index (χ0) is 12.5. The Hall–Kier alpha value is -1.81. The number of fused-ring (bicyclic) bond motifs is 1. The molecule has 2 aliphatic rings. The molecule has 1 aliphatic heterocycles. The van der Waals surface area contributed by atoms with Gasteiger partial charge >= 0.3 is 0 Å². The molecule has 4 nitrogen and oxygen atoms in total. The molecule has 0 radical (unpaired) electrons. The molecule has 1 aliphatic carbocycles. The van der Waals surface area contributed by atoms with E-state index in [1.54, 1.807) is 0 Å². The predicted octanol–water partition coefficient (Wildman–Crippen LogP) is 2.11. The van der Waals surface area contributed by atoms with E-state index in [4.69, 9.17) is 5.84 Å². The molecule has 3 N–H and O–H groups in total. The molecular formula is C14H17N3O. The number of para-hydroxylation sites is 1. The van der Waals surface area contributed by atoms with Crippen LogP contribution in [0, 0.1) is 5.92 Å². The smallest absolute Gasteiger partial charge is 0.271 e. The molecule has 3 rings (SSSR count). The van der Waals surface area contributed by atoms with E-state index in [1.165, 1.54) is 5.01 Å². The van der Waals surface area contributed by atoms with Crippen LogP contribution in [0.2, 0.25) is 0 Å². The fourth-order valence-corrected chi connectivity index (χ4v) is 2.74. The predicted molar refractivity (Wildman–Crippen MR) is 70.7 cm³/mol. The van der Waals surface area contributed by atoms with Gasteiger partial charge < -0.3 is 5.32 Å². The van der Waals surface area contributed by atoms with Crippen LogP contribution in [0.3, 0.4) is 0 Å². The number of nitrogens with one attached hydrogen (secondary N) is 1. The van der Waals surface area contributed by atoms with E-state index in [0.29, 0.717) is 11.5 Å². The molecule has 1 amide bonds. The number of hydrogen-bond donors (Lipinski definition) is 2. The van der Waals surface area contributed by atoms with Crippen molar-refractivity contribution in [2.45, 2.75) is 25.4 Å². The fourth-order valence-electron chi connectivity index (χ4n) is 2.74. The number of nitrogens with two attached hydrogens (primary N) is 1. The van der Waals surface area contributed by atoms with Crippen LogP contribution in [0.1, 0.15) is 29.6 Å².